The number of hydrogen-bond donors (Lipinski definition) is 0. The standard InChI is InChI=1S/C43H40N2O3/c1-41(2)30-42(3,31-16-8-4-9-17-31)36-28-35(24-25-37(36)45(41)40(48)29-44-38(46)26-27-39(44)47)43(32-18-10-5-11-19-32,33-20-12-6-13-21-33)34-22-14-7-15-23-34/h4-25,28H,26-27,29-30H2,1-3H3/t42-/m0/s1. The van der Waals surface area contributed by atoms with E-state index in [9.17, 15) is 14.4 Å². The molecule has 0 N–H and O–H groups in total. The van der Waals surface area contributed by atoms with Crippen molar-refractivity contribution in [2.24, 2.45) is 0 Å². The molecule has 0 spiro atoms. The van der Waals surface area contributed by atoms with Gasteiger partial charge in [0.15, 0.2) is 0 Å². The van der Waals surface area contributed by atoms with Gasteiger partial charge in [-0.3, -0.25) is 19.3 Å². The van der Waals surface area contributed by atoms with E-state index >= 15 is 0 Å². The molecule has 5 nitrogen and oxygen atoms in total. The third-order valence-corrected chi connectivity index (χ3v) is 10.4. The van der Waals surface area contributed by atoms with E-state index in [1.54, 1.807) is 0 Å². The van der Waals surface area contributed by atoms with Gasteiger partial charge in [-0.1, -0.05) is 140 Å². The number of likely N-dealkylation sites (tertiary alicyclic amines) is 1. The van der Waals surface area contributed by atoms with Crippen LogP contribution in [0.1, 0.15) is 73.4 Å². The summed E-state index contributed by atoms with van der Waals surface area (Å²) in [6, 6.07) is 48.9. The third kappa shape index (κ3) is 5.05. The molecular weight excluding hydrogens is 592 g/mol. The molecule has 2 heterocycles. The van der Waals surface area contributed by atoms with Crippen LogP contribution < -0.4 is 4.90 Å². The Morgan fingerprint density at radius 1 is 0.625 bits per heavy atom. The number of nitrogens with zero attached hydrogens (tertiary/aromatic N) is 2. The van der Waals surface area contributed by atoms with Crippen LogP contribution in [0.5, 0.6) is 0 Å². The second-order valence-electron chi connectivity index (χ2n) is 13.9. The van der Waals surface area contributed by atoms with Crippen molar-refractivity contribution in [1.29, 1.82) is 0 Å². The van der Waals surface area contributed by atoms with Crippen molar-refractivity contribution in [1.82, 2.24) is 4.90 Å². The Hall–Kier alpha value is -5.29. The summed E-state index contributed by atoms with van der Waals surface area (Å²) in [6.45, 7) is 6.18. The van der Waals surface area contributed by atoms with Gasteiger partial charge >= 0.3 is 0 Å². The molecule has 7 rings (SSSR count). The van der Waals surface area contributed by atoms with Crippen molar-refractivity contribution in [3.63, 3.8) is 0 Å². The molecule has 0 radical (unpaired) electrons. The topological polar surface area (TPSA) is 57.7 Å². The fourth-order valence-corrected chi connectivity index (χ4v) is 8.38. The highest BCUT2D eigenvalue weighted by Crippen LogP contribution is 2.53. The molecule has 5 heteroatoms. The second kappa shape index (κ2) is 12.1. The zero-order valence-corrected chi connectivity index (χ0v) is 27.7. The maximum absolute atomic E-state index is 14.3. The Kier molecular flexibility index (Phi) is 7.87. The quantitative estimate of drug-likeness (QED) is 0.135. The van der Waals surface area contributed by atoms with Crippen LogP contribution in [0.4, 0.5) is 5.69 Å². The normalized spacial score (nSPS) is 18.9. The van der Waals surface area contributed by atoms with Crippen molar-refractivity contribution in [2.75, 3.05) is 11.4 Å². The van der Waals surface area contributed by atoms with E-state index in [1.807, 2.05) is 29.2 Å². The Morgan fingerprint density at radius 3 is 1.56 bits per heavy atom. The van der Waals surface area contributed by atoms with Gasteiger partial charge in [-0.15, -0.1) is 0 Å². The summed E-state index contributed by atoms with van der Waals surface area (Å²) in [5.41, 5.74) is 5.77. The lowest BCUT2D eigenvalue weighted by molar-refractivity contribution is -0.142. The molecule has 5 aromatic carbocycles. The van der Waals surface area contributed by atoms with Crippen LogP contribution in [0.2, 0.25) is 0 Å². The molecule has 0 aliphatic carbocycles. The van der Waals surface area contributed by atoms with Crippen LogP contribution in [-0.2, 0) is 25.2 Å². The van der Waals surface area contributed by atoms with Crippen LogP contribution in [0.3, 0.4) is 0 Å². The lowest BCUT2D eigenvalue weighted by Gasteiger charge is -2.52. The number of anilines is 1. The predicted octanol–water partition coefficient (Wildman–Crippen LogP) is 8.04. The highest BCUT2D eigenvalue weighted by Gasteiger charge is 2.50. The van der Waals surface area contributed by atoms with Crippen LogP contribution in [0.15, 0.2) is 140 Å². The number of benzene rings is 5. The van der Waals surface area contributed by atoms with Gasteiger partial charge in [0.05, 0.1) is 5.41 Å². The molecular formula is C43H40N2O3. The average molecular weight is 633 g/mol. The number of amides is 3. The molecule has 1 atom stereocenters. The minimum Gasteiger partial charge on any atom is -0.305 e. The summed E-state index contributed by atoms with van der Waals surface area (Å²) in [4.78, 5) is 42.4. The predicted molar refractivity (Wildman–Crippen MR) is 190 cm³/mol. The smallest absolute Gasteiger partial charge is 0.247 e. The Morgan fingerprint density at radius 2 is 1.08 bits per heavy atom. The number of fused-ring (bicyclic) bond motifs is 1. The molecule has 2 aliphatic rings. The highest BCUT2D eigenvalue weighted by atomic mass is 16.2. The van der Waals surface area contributed by atoms with Crippen LogP contribution in [-0.4, -0.2) is 34.7 Å². The van der Waals surface area contributed by atoms with Gasteiger partial charge in [-0.05, 0) is 59.7 Å². The van der Waals surface area contributed by atoms with Gasteiger partial charge < -0.3 is 4.90 Å². The second-order valence-corrected chi connectivity index (χ2v) is 13.9. The molecule has 0 aromatic heterocycles. The largest absolute Gasteiger partial charge is 0.305 e. The average Bonchev–Trinajstić information content (AvgIpc) is 3.42. The fourth-order valence-electron chi connectivity index (χ4n) is 8.38. The molecule has 5 aromatic rings. The van der Waals surface area contributed by atoms with Crippen LogP contribution in [0, 0.1) is 0 Å². The molecule has 1 fully saturated rings. The first-order valence-electron chi connectivity index (χ1n) is 16.7. The molecule has 240 valence electrons. The fraction of sp³-hybridized carbons (Fsp3) is 0.233. The number of carbonyl (C=O) groups is 3. The van der Waals surface area contributed by atoms with E-state index in [0.29, 0.717) is 6.42 Å². The van der Waals surface area contributed by atoms with Gasteiger partial charge in [0.1, 0.15) is 6.54 Å². The number of imide groups is 1. The molecule has 1 saturated heterocycles. The number of rotatable bonds is 7. The molecule has 48 heavy (non-hydrogen) atoms. The van der Waals surface area contributed by atoms with Gasteiger partial charge in [0.2, 0.25) is 17.7 Å². The molecule has 0 bridgehead atoms. The maximum atomic E-state index is 14.3. The van der Waals surface area contributed by atoms with Crippen LogP contribution >= 0.6 is 0 Å². The van der Waals surface area contributed by atoms with E-state index in [2.05, 4.69) is 136 Å². The maximum Gasteiger partial charge on any atom is 0.247 e. The zero-order valence-electron chi connectivity index (χ0n) is 27.7. The zero-order chi connectivity index (χ0) is 33.5. The first-order valence-corrected chi connectivity index (χ1v) is 16.7. The van der Waals surface area contributed by atoms with Gasteiger partial charge in [-0.2, -0.15) is 0 Å². The van der Waals surface area contributed by atoms with Gasteiger partial charge in [-0.25, -0.2) is 0 Å². The Balaban J connectivity index is 1.51. The molecule has 0 saturated carbocycles. The summed E-state index contributed by atoms with van der Waals surface area (Å²) >= 11 is 0. The van der Waals surface area contributed by atoms with E-state index in [-0.39, 0.29) is 37.1 Å². The summed E-state index contributed by atoms with van der Waals surface area (Å²) in [6.07, 6.45) is 0.952. The first-order chi connectivity index (χ1) is 23.2. The summed E-state index contributed by atoms with van der Waals surface area (Å²) in [5.74, 6) is -0.828. The van der Waals surface area contributed by atoms with Crippen molar-refractivity contribution < 1.29 is 14.4 Å². The SMILES string of the molecule is CC1(C)C[C@@](C)(c2ccccc2)c2cc(C(c3ccccc3)(c3ccccc3)c3ccccc3)ccc2N1C(=O)CN1C(=O)CCC1=O. The minimum atomic E-state index is -0.660. The monoisotopic (exact) mass is 632 g/mol. The van der Waals surface area contributed by atoms with E-state index in [1.165, 1.54) is 5.56 Å². The molecule has 3 amide bonds. The van der Waals surface area contributed by atoms with Crippen LogP contribution in [0.25, 0.3) is 0 Å². The molecule has 2 aliphatic heterocycles. The first kappa shape index (κ1) is 31.3. The van der Waals surface area contributed by atoms with E-state index in [0.717, 1.165) is 38.4 Å². The lowest BCUT2D eigenvalue weighted by atomic mass is 9.61. The Bertz CT molecular complexity index is 1860. The lowest BCUT2D eigenvalue weighted by Crippen LogP contribution is -2.58. The van der Waals surface area contributed by atoms with Crippen molar-refractivity contribution in [3.8, 4) is 0 Å². The summed E-state index contributed by atoms with van der Waals surface area (Å²) in [5, 5.41) is 0. The van der Waals surface area contributed by atoms with E-state index in [4.69, 9.17) is 0 Å². The summed E-state index contributed by atoms with van der Waals surface area (Å²) in [7, 11) is 0. The van der Waals surface area contributed by atoms with Crippen molar-refractivity contribution in [3.05, 3.63) is 173 Å². The van der Waals surface area contributed by atoms with Crippen molar-refractivity contribution in [2.45, 2.75) is 56.4 Å². The third-order valence-electron chi connectivity index (χ3n) is 10.4. The van der Waals surface area contributed by atoms with Gasteiger partial charge in [0, 0.05) is 29.5 Å². The Labute approximate surface area is 282 Å². The number of carbonyl (C=O) groups excluding carboxylic acids is 3. The summed E-state index contributed by atoms with van der Waals surface area (Å²) < 4.78 is 0. The van der Waals surface area contributed by atoms with Gasteiger partial charge in [0.25, 0.3) is 0 Å². The molecule has 0 unspecified atom stereocenters. The number of hydrogen-bond acceptors (Lipinski definition) is 3. The highest BCUT2D eigenvalue weighted by molar-refractivity contribution is 6.07. The van der Waals surface area contributed by atoms with Crippen molar-refractivity contribution >= 4 is 23.4 Å². The van der Waals surface area contributed by atoms with E-state index < -0.39 is 16.4 Å². The minimum absolute atomic E-state index is 0.155.